The number of benzene rings is 1. The third-order valence-corrected chi connectivity index (χ3v) is 5.68. The summed E-state index contributed by atoms with van der Waals surface area (Å²) in [6.45, 7) is -0.438. The van der Waals surface area contributed by atoms with Crippen LogP contribution in [-0.2, 0) is 10.5 Å². The molecule has 12 heteroatoms. The number of aromatic nitrogens is 4. The van der Waals surface area contributed by atoms with E-state index in [0.29, 0.717) is 21.8 Å². The molecule has 3 N–H and O–H groups in total. The number of non-ortho nitro benzene ring substituents is 1. The van der Waals surface area contributed by atoms with Gasteiger partial charge in [0, 0.05) is 17.9 Å². The second kappa shape index (κ2) is 8.00. The van der Waals surface area contributed by atoms with Gasteiger partial charge in [0.05, 0.1) is 17.7 Å². The SMILES string of the molecule is O=[N+]([O-])c1ccc(CSc2ncnc3cnn(C4O[C@H](CO)[C@@H](O)[C@H]4O)c23)cc1. The normalized spacial score (nSPS) is 24.2. The predicted octanol–water partition coefficient (Wildman–Crippen LogP) is 0.638. The summed E-state index contributed by atoms with van der Waals surface area (Å²) in [4.78, 5) is 18.8. The van der Waals surface area contributed by atoms with Gasteiger partial charge in [-0.25, -0.2) is 14.6 Å². The molecule has 4 rings (SSSR count). The van der Waals surface area contributed by atoms with Gasteiger partial charge in [-0.1, -0.05) is 23.9 Å². The highest BCUT2D eigenvalue weighted by Gasteiger charge is 2.44. The van der Waals surface area contributed by atoms with Crippen LogP contribution in [0.2, 0.25) is 0 Å². The van der Waals surface area contributed by atoms with Crippen molar-refractivity contribution in [2.75, 3.05) is 6.61 Å². The Kier molecular flexibility index (Phi) is 5.43. The van der Waals surface area contributed by atoms with E-state index in [9.17, 15) is 25.4 Å². The van der Waals surface area contributed by atoms with Crippen molar-refractivity contribution in [3.05, 3.63) is 52.5 Å². The molecule has 0 saturated carbocycles. The van der Waals surface area contributed by atoms with Crippen molar-refractivity contribution in [3.8, 4) is 0 Å². The fourth-order valence-electron chi connectivity index (χ4n) is 3.11. The third kappa shape index (κ3) is 3.68. The number of hydrogen-bond donors (Lipinski definition) is 3. The first kappa shape index (κ1) is 19.7. The van der Waals surface area contributed by atoms with E-state index in [-0.39, 0.29) is 5.69 Å². The average molecular weight is 419 g/mol. The molecule has 1 fully saturated rings. The molecular weight excluding hydrogens is 402 g/mol. The van der Waals surface area contributed by atoms with E-state index in [4.69, 9.17) is 4.74 Å². The minimum absolute atomic E-state index is 0.0191. The fourth-order valence-corrected chi connectivity index (χ4v) is 4.06. The highest BCUT2D eigenvalue weighted by molar-refractivity contribution is 7.98. The molecule has 4 atom stereocenters. The van der Waals surface area contributed by atoms with Crippen LogP contribution in [0.4, 0.5) is 5.69 Å². The van der Waals surface area contributed by atoms with E-state index in [2.05, 4.69) is 15.1 Å². The Hall–Kier alpha value is -2.64. The van der Waals surface area contributed by atoms with Crippen LogP contribution >= 0.6 is 11.8 Å². The molecule has 0 bridgehead atoms. The van der Waals surface area contributed by atoms with E-state index >= 15 is 0 Å². The number of thioether (sulfide) groups is 1. The number of hydrogen-bond acceptors (Lipinski definition) is 10. The van der Waals surface area contributed by atoms with E-state index in [1.165, 1.54) is 41.1 Å². The molecule has 1 saturated heterocycles. The highest BCUT2D eigenvalue weighted by atomic mass is 32.2. The number of ether oxygens (including phenoxy) is 1. The topological polar surface area (TPSA) is 157 Å². The largest absolute Gasteiger partial charge is 0.394 e. The fraction of sp³-hybridized carbons (Fsp3) is 0.353. The van der Waals surface area contributed by atoms with Crippen molar-refractivity contribution in [1.29, 1.82) is 0 Å². The number of nitrogens with zero attached hydrogens (tertiary/aromatic N) is 5. The number of aliphatic hydroxyl groups is 3. The van der Waals surface area contributed by atoms with Gasteiger partial charge >= 0.3 is 0 Å². The maximum absolute atomic E-state index is 10.8. The second-order valence-corrected chi connectivity index (χ2v) is 7.41. The van der Waals surface area contributed by atoms with Crippen molar-refractivity contribution >= 4 is 28.5 Å². The molecule has 11 nitrogen and oxygen atoms in total. The summed E-state index contributed by atoms with van der Waals surface area (Å²) < 4.78 is 6.96. The summed E-state index contributed by atoms with van der Waals surface area (Å²) in [5.74, 6) is 0.491. The summed E-state index contributed by atoms with van der Waals surface area (Å²) in [7, 11) is 0. The highest BCUT2D eigenvalue weighted by Crippen LogP contribution is 2.34. The lowest BCUT2D eigenvalue weighted by atomic mass is 10.1. The second-order valence-electron chi connectivity index (χ2n) is 6.44. The lowest BCUT2D eigenvalue weighted by Crippen LogP contribution is -2.33. The smallest absolute Gasteiger partial charge is 0.269 e. The van der Waals surface area contributed by atoms with Crippen LogP contribution in [0.5, 0.6) is 0 Å². The molecule has 29 heavy (non-hydrogen) atoms. The molecule has 0 aliphatic carbocycles. The number of rotatable bonds is 6. The molecule has 0 spiro atoms. The van der Waals surface area contributed by atoms with Crippen molar-refractivity contribution < 1.29 is 25.0 Å². The van der Waals surface area contributed by atoms with Gasteiger partial charge in [0.2, 0.25) is 0 Å². The zero-order valence-electron chi connectivity index (χ0n) is 14.9. The van der Waals surface area contributed by atoms with Crippen LogP contribution in [0.15, 0.2) is 41.8 Å². The summed E-state index contributed by atoms with van der Waals surface area (Å²) in [5, 5.41) is 45.2. The molecule has 1 aliphatic rings. The van der Waals surface area contributed by atoms with Crippen LogP contribution in [0.1, 0.15) is 11.8 Å². The minimum Gasteiger partial charge on any atom is -0.394 e. The van der Waals surface area contributed by atoms with E-state index in [0.717, 1.165) is 5.56 Å². The van der Waals surface area contributed by atoms with Gasteiger partial charge in [0.15, 0.2) is 6.23 Å². The van der Waals surface area contributed by atoms with Crippen LogP contribution in [0.3, 0.4) is 0 Å². The Balaban J connectivity index is 1.60. The van der Waals surface area contributed by atoms with Crippen LogP contribution in [-0.4, -0.2) is 64.9 Å². The first-order chi connectivity index (χ1) is 14.0. The molecule has 0 amide bonds. The Morgan fingerprint density at radius 3 is 2.62 bits per heavy atom. The Bertz CT molecular complexity index is 1030. The third-order valence-electron chi connectivity index (χ3n) is 4.63. The molecule has 3 aromatic rings. The van der Waals surface area contributed by atoms with E-state index in [1.54, 1.807) is 12.1 Å². The van der Waals surface area contributed by atoms with E-state index < -0.39 is 36.1 Å². The summed E-state index contributed by atoms with van der Waals surface area (Å²) in [5.41, 5.74) is 1.94. The number of fused-ring (bicyclic) bond motifs is 1. The van der Waals surface area contributed by atoms with Gasteiger partial charge < -0.3 is 20.1 Å². The Morgan fingerprint density at radius 2 is 1.97 bits per heavy atom. The minimum atomic E-state index is -1.28. The van der Waals surface area contributed by atoms with E-state index in [1.807, 2.05) is 0 Å². The maximum atomic E-state index is 10.8. The van der Waals surface area contributed by atoms with Gasteiger partial charge in [-0.3, -0.25) is 10.1 Å². The Morgan fingerprint density at radius 1 is 1.21 bits per heavy atom. The van der Waals surface area contributed by atoms with Crippen molar-refractivity contribution in [2.24, 2.45) is 0 Å². The Labute approximate surface area is 168 Å². The molecule has 2 aromatic heterocycles. The molecule has 1 aliphatic heterocycles. The lowest BCUT2D eigenvalue weighted by molar-refractivity contribution is -0.384. The zero-order valence-corrected chi connectivity index (χ0v) is 15.7. The zero-order chi connectivity index (χ0) is 20.5. The van der Waals surface area contributed by atoms with Gasteiger partial charge in [-0.2, -0.15) is 5.10 Å². The average Bonchev–Trinajstić information content (AvgIpc) is 3.28. The van der Waals surface area contributed by atoms with Crippen LogP contribution < -0.4 is 0 Å². The molecule has 1 unspecified atom stereocenters. The van der Waals surface area contributed by atoms with Crippen molar-refractivity contribution in [3.63, 3.8) is 0 Å². The van der Waals surface area contributed by atoms with Crippen LogP contribution in [0, 0.1) is 10.1 Å². The standard InChI is InChI=1S/C17H17N5O6S/c23-6-12-14(24)15(25)17(28-12)21-13-11(5-20-21)18-8-19-16(13)29-7-9-1-3-10(4-2-9)22(26)27/h1-5,8,12,14-15,17,23-25H,6-7H2/t12-,14-,15-,17?/m1/s1. The summed E-state index contributed by atoms with van der Waals surface area (Å²) in [6, 6.07) is 6.23. The first-order valence-electron chi connectivity index (χ1n) is 8.66. The summed E-state index contributed by atoms with van der Waals surface area (Å²) in [6.07, 6.45) is -1.54. The quantitative estimate of drug-likeness (QED) is 0.224. The van der Waals surface area contributed by atoms with Gasteiger partial charge in [-0.05, 0) is 5.56 Å². The molecule has 1 aromatic carbocycles. The lowest BCUT2D eigenvalue weighted by Gasteiger charge is -2.17. The van der Waals surface area contributed by atoms with Crippen LogP contribution in [0.25, 0.3) is 11.0 Å². The summed E-state index contributed by atoms with van der Waals surface area (Å²) >= 11 is 1.37. The molecule has 152 valence electrons. The number of nitro benzene ring substituents is 1. The van der Waals surface area contributed by atoms with Crippen molar-refractivity contribution in [2.45, 2.75) is 35.3 Å². The predicted molar refractivity (Wildman–Crippen MR) is 101 cm³/mol. The molecule has 0 radical (unpaired) electrons. The maximum Gasteiger partial charge on any atom is 0.269 e. The number of nitro groups is 1. The first-order valence-corrected chi connectivity index (χ1v) is 9.65. The van der Waals surface area contributed by atoms with Crippen molar-refractivity contribution in [1.82, 2.24) is 19.7 Å². The van der Waals surface area contributed by atoms with Gasteiger partial charge in [-0.15, -0.1) is 0 Å². The van der Waals surface area contributed by atoms with Gasteiger partial charge in [0.25, 0.3) is 5.69 Å². The molecule has 3 heterocycles. The number of aliphatic hydroxyl groups excluding tert-OH is 3. The monoisotopic (exact) mass is 419 g/mol. The molecular formula is C17H17N5O6S. The van der Waals surface area contributed by atoms with Gasteiger partial charge in [0.1, 0.15) is 40.7 Å².